The number of hydrogen-bond acceptors (Lipinski definition) is 5. The van der Waals surface area contributed by atoms with Crippen LogP contribution in [0, 0.1) is 11.5 Å². The van der Waals surface area contributed by atoms with Crippen molar-refractivity contribution >= 4 is 11.7 Å². The predicted octanol–water partition coefficient (Wildman–Crippen LogP) is 1.47. The van der Waals surface area contributed by atoms with Crippen molar-refractivity contribution in [2.45, 2.75) is 13.1 Å². The van der Waals surface area contributed by atoms with Crippen molar-refractivity contribution in [1.82, 2.24) is 20.2 Å². The molecule has 2 aromatic rings. The van der Waals surface area contributed by atoms with Crippen LogP contribution in [0.2, 0.25) is 0 Å². The number of nitriles is 1. The molecule has 7 nitrogen and oxygen atoms in total. The van der Waals surface area contributed by atoms with Crippen molar-refractivity contribution in [3.05, 3.63) is 41.9 Å². The van der Waals surface area contributed by atoms with Gasteiger partial charge < -0.3 is 10.2 Å². The normalized spacial score (nSPS) is 16.2. The van der Waals surface area contributed by atoms with Crippen molar-refractivity contribution in [1.29, 1.82) is 5.26 Å². The molecule has 0 radical (unpaired) electrons. The molecule has 2 aliphatic heterocycles. The lowest BCUT2D eigenvalue weighted by atomic mass is 10.0. The highest BCUT2D eigenvalue weighted by Gasteiger charge is 2.25. The van der Waals surface area contributed by atoms with Gasteiger partial charge in [-0.2, -0.15) is 5.26 Å². The first-order chi connectivity index (χ1) is 11.3. The zero-order chi connectivity index (χ0) is 15.8. The first kappa shape index (κ1) is 13.5. The first-order valence-electron chi connectivity index (χ1n) is 7.39. The second-order valence-corrected chi connectivity index (χ2v) is 5.54. The largest absolute Gasteiger partial charge is 0.336 e. The molecule has 1 aromatic heterocycles. The highest BCUT2D eigenvalue weighted by atomic mass is 16.2. The minimum Gasteiger partial charge on any atom is -0.336 e. The third kappa shape index (κ3) is 2.25. The number of nitrogens with one attached hydrogen (secondary N) is 1. The number of anilines is 1. The molecule has 114 valence electrons. The van der Waals surface area contributed by atoms with Crippen LogP contribution >= 0.6 is 0 Å². The number of benzene rings is 1. The van der Waals surface area contributed by atoms with Gasteiger partial charge in [0.15, 0.2) is 6.19 Å². The van der Waals surface area contributed by atoms with Gasteiger partial charge in [-0.15, -0.1) is 0 Å². The second-order valence-electron chi connectivity index (χ2n) is 5.54. The third-order valence-corrected chi connectivity index (χ3v) is 4.15. The number of nitrogens with zero attached hydrogens (tertiary/aromatic N) is 5. The quantitative estimate of drug-likeness (QED) is 0.849. The van der Waals surface area contributed by atoms with E-state index >= 15 is 0 Å². The average molecular weight is 306 g/mol. The molecular weight excluding hydrogens is 292 g/mol. The van der Waals surface area contributed by atoms with Crippen LogP contribution in [0.5, 0.6) is 0 Å². The molecule has 3 heterocycles. The number of rotatable bonds is 2. The van der Waals surface area contributed by atoms with E-state index in [0.29, 0.717) is 26.2 Å². The molecule has 1 aromatic carbocycles. The Balaban J connectivity index is 1.74. The molecule has 0 atom stereocenters. The maximum Gasteiger partial charge on any atom is 0.321 e. The summed E-state index contributed by atoms with van der Waals surface area (Å²) in [6.45, 7) is 2.36. The number of hydrogen-bond donors (Lipinski definition) is 1. The summed E-state index contributed by atoms with van der Waals surface area (Å²) in [7, 11) is 0. The van der Waals surface area contributed by atoms with E-state index < -0.39 is 0 Å². The fourth-order valence-corrected chi connectivity index (χ4v) is 3.04. The van der Waals surface area contributed by atoms with Gasteiger partial charge in [0.05, 0.1) is 24.5 Å². The summed E-state index contributed by atoms with van der Waals surface area (Å²) in [6, 6.07) is 7.68. The van der Waals surface area contributed by atoms with Crippen LogP contribution in [0.1, 0.15) is 11.3 Å². The van der Waals surface area contributed by atoms with Crippen LogP contribution in [0.15, 0.2) is 30.6 Å². The van der Waals surface area contributed by atoms with Crippen LogP contribution in [-0.2, 0) is 13.1 Å². The summed E-state index contributed by atoms with van der Waals surface area (Å²) in [5.41, 5.74) is 4.48. The Kier molecular flexibility index (Phi) is 3.08. The van der Waals surface area contributed by atoms with Crippen molar-refractivity contribution in [2.24, 2.45) is 0 Å². The molecule has 0 aliphatic carbocycles. The van der Waals surface area contributed by atoms with Gasteiger partial charge in [0, 0.05) is 29.9 Å². The van der Waals surface area contributed by atoms with Crippen molar-refractivity contribution < 1.29 is 4.79 Å². The molecule has 2 amide bonds. The van der Waals surface area contributed by atoms with Gasteiger partial charge in [0.25, 0.3) is 0 Å². The summed E-state index contributed by atoms with van der Waals surface area (Å²) >= 11 is 0. The number of carbonyl (C=O) groups is 1. The Hall–Kier alpha value is -3.14. The molecule has 1 N–H and O–H groups in total. The van der Waals surface area contributed by atoms with Crippen molar-refractivity contribution in [3.8, 4) is 17.5 Å². The monoisotopic (exact) mass is 306 g/mol. The van der Waals surface area contributed by atoms with Crippen LogP contribution < -0.4 is 10.2 Å². The van der Waals surface area contributed by atoms with E-state index in [1.54, 1.807) is 9.80 Å². The maximum atomic E-state index is 11.8. The molecular formula is C16H14N6O. The van der Waals surface area contributed by atoms with E-state index in [-0.39, 0.29) is 6.03 Å². The van der Waals surface area contributed by atoms with Gasteiger partial charge in [-0.05, 0) is 12.1 Å². The van der Waals surface area contributed by atoms with E-state index in [0.717, 1.165) is 28.2 Å². The Morgan fingerprint density at radius 3 is 2.96 bits per heavy atom. The fourth-order valence-electron chi connectivity index (χ4n) is 3.04. The summed E-state index contributed by atoms with van der Waals surface area (Å²) in [5.74, 6) is 0. The van der Waals surface area contributed by atoms with E-state index in [1.807, 2.05) is 24.3 Å². The summed E-state index contributed by atoms with van der Waals surface area (Å²) in [5, 5.41) is 11.9. The van der Waals surface area contributed by atoms with Gasteiger partial charge in [0.1, 0.15) is 6.33 Å². The molecule has 4 rings (SSSR count). The fraction of sp³-hybridized carbons (Fsp3) is 0.250. The topological polar surface area (TPSA) is 85.2 Å². The van der Waals surface area contributed by atoms with Crippen LogP contribution in [0.25, 0.3) is 11.3 Å². The number of urea groups is 1. The average Bonchev–Trinajstić information content (AvgIpc) is 3.20. The molecule has 7 heteroatoms. The Bertz CT molecular complexity index is 828. The molecule has 0 saturated carbocycles. The minimum absolute atomic E-state index is 0.0780. The number of fused-ring (bicyclic) bond motifs is 1. The van der Waals surface area contributed by atoms with Crippen molar-refractivity contribution in [2.75, 3.05) is 18.0 Å². The molecule has 2 aliphatic rings. The first-order valence-corrected chi connectivity index (χ1v) is 7.39. The zero-order valence-corrected chi connectivity index (χ0v) is 12.4. The molecule has 1 fully saturated rings. The van der Waals surface area contributed by atoms with E-state index in [1.165, 1.54) is 6.33 Å². The third-order valence-electron chi connectivity index (χ3n) is 4.15. The lowest BCUT2D eigenvalue weighted by molar-refractivity contribution is 0.252. The van der Waals surface area contributed by atoms with Crippen LogP contribution in [0.4, 0.5) is 10.5 Å². The minimum atomic E-state index is -0.0780. The smallest absolute Gasteiger partial charge is 0.321 e. The van der Waals surface area contributed by atoms with Gasteiger partial charge in [-0.1, -0.05) is 12.1 Å². The Morgan fingerprint density at radius 1 is 1.26 bits per heavy atom. The number of amides is 2. The maximum absolute atomic E-state index is 11.8. The molecule has 0 unspecified atom stereocenters. The van der Waals surface area contributed by atoms with E-state index in [2.05, 4.69) is 21.5 Å². The second kappa shape index (κ2) is 5.25. The predicted molar refractivity (Wildman–Crippen MR) is 83.1 cm³/mol. The SMILES string of the molecule is N#CN1Cc2ncnc(-c3cccc(N4CCNC4=O)c3)c2C1. The molecule has 0 bridgehead atoms. The standard InChI is InChI=1S/C16H14N6O/c17-9-21-7-13-14(8-21)19-10-20-15(13)11-2-1-3-12(6-11)22-5-4-18-16(22)23/h1-3,6,10H,4-5,7-8H2,(H,18,23). The zero-order valence-electron chi connectivity index (χ0n) is 12.4. The molecule has 23 heavy (non-hydrogen) atoms. The van der Waals surface area contributed by atoms with Gasteiger partial charge in [0.2, 0.25) is 0 Å². The van der Waals surface area contributed by atoms with Crippen LogP contribution in [-0.4, -0.2) is 34.0 Å². The highest BCUT2D eigenvalue weighted by molar-refractivity contribution is 5.94. The molecule has 0 spiro atoms. The van der Waals surface area contributed by atoms with Crippen molar-refractivity contribution in [3.63, 3.8) is 0 Å². The number of aromatic nitrogens is 2. The van der Waals surface area contributed by atoms with E-state index in [9.17, 15) is 4.79 Å². The Labute approximate surface area is 133 Å². The van der Waals surface area contributed by atoms with Gasteiger partial charge in [-0.3, -0.25) is 4.90 Å². The summed E-state index contributed by atoms with van der Waals surface area (Å²) in [6.07, 6.45) is 3.69. The highest BCUT2D eigenvalue weighted by Crippen LogP contribution is 2.31. The lowest BCUT2D eigenvalue weighted by Gasteiger charge is -2.15. The van der Waals surface area contributed by atoms with Gasteiger partial charge in [-0.25, -0.2) is 14.8 Å². The summed E-state index contributed by atoms with van der Waals surface area (Å²) < 4.78 is 0. The number of carbonyl (C=O) groups excluding carboxylic acids is 1. The molecule has 1 saturated heterocycles. The van der Waals surface area contributed by atoms with Gasteiger partial charge >= 0.3 is 6.03 Å². The van der Waals surface area contributed by atoms with Crippen LogP contribution in [0.3, 0.4) is 0 Å². The lowest BCUT2D eigenvalue weighted by Crippen LogP contribution is -2.27. The summed E-state index contributed by atoms with van der Waals surface area (Å²) in [4.78, 5) is 23.9. The Morgan fingerprint density at radius 2 is 2.17 bits per heavy atom. The van der Waals surface area contributed by atoms with E-state index in [4.69, 9.17) is 5.26 Å².